The average molecular weight is 589 g/mol. The van der Waals surface area contributed by atoms with Gasteiger partial charge in [0.25, 0.3) is 0 Å². The Morgan fingerprint density at radius 3 is 2.27 bits per heavy atom. The number of benzene rings is 3. The molecule has 3 rings (SSSR count). The second-order valence-corrected chi connectivity index (χ2v) is 11.1. The van der Waals surface area contributed by atoms with Gasteiger partial charge in [-0.25, -0.2) is 0 Å². The van der Waals surface area contributed by atoms with E-state index in [2.05, 4.69) is 36.4 Å². The van der Waals surface area contributed by atoms with E-state index in [0.717, 1.165) is 31.4 Å². The summed E-state index contributed by atoms with van der Waals surface area (Å²) in [6, 6.07) is 21.9. The molecule has 0 aliphatic carbocycles. The van der Waals surface area contributed by atoms with Crippen molar-refractivity contribution in [1.29, 1.82) is 0 Å². The van der Waals surface area contributed by atoms with Gasteiger partial charge in [-0.15, -0.1) is 0 Å². The average Bonchev–Trinajstić information content (AvgIpc) is 2.94. The Bertz CT molecular complexity index is 1220. The van der Waals surface area contributed by atoms with Crippen LogP contribution in [0.25, 0.3) is 0 Å². The molecule has 0 radical (unpaired) electrons. The summed E-state index contributed by atoms with van der Waals surface area (Å²) in [6.07, 6.45) is 5.28. The number of thioether (sulfide) groups is 1. The molecular weight excluding hydrogens is 547 g/mol. The van der Waals surface area contributed by atoms with Gasteiger partial charge in [-0.05, 0) is 68.0 Å². The number of rotatable bonds is 18. The Kier molecular flexibility index (Phi) is 16.0. The van der Waals surface area contributed by atoms with Crippen molar-refractivity contribution in [2.75, 3.05) is 19.0 Å². The van der Waals surface area contributed by atoms with Crippen LogP contribution in [0, 0.1) is 0 Å². The summed E-state index contributed by atoms with van der Waals surface area (Å²) >= 11 is 1.70. The second-order valence-electron chi connectivity index (χ2n) is 9.75. The van der Waals surface area contributed by atoms with Gasteiger partial charge in [0.2, 0.25) is 0 Å². The fourth-order valence-electron chi connectivity index (χ4n) is 4.51. The van der Waals surface area contributed by atoms with Crippen LogP contribution < -0.4 is 9.47 Å². The Hall–Kier alpha value is -2.45. The number of phenols is 1. The van der Waals surface area contributed by atoms with Crippen LogP contribution in [0.15, 0.2) is 66.7 Å². The maximum atomic E-state index is 11.8. The van der Waals surface area contributed by atoms with Gasteiger partial charge in [-0.1, -0.05) is 55.8 Å². The van der Waals surface area contributed by atoms with Crippen molar-refractivity contribution in [1.82, 2.24) is 0 Å². The number of Topliss-reactive ketones (excluding diaryl/α,β-unsaturated/α-hetero) is 1. The molecule has 0 spiro atoms. The number of hydrogen-bond donors (Lipinski definition) is 2. The molecule has 0 aliphatic rings. The Morgan fingerprint density at radius 1 is 0.902 bits per heavy atom. The van der Waals surface area contributed by atoms with Gasteiger partial charge in [-0.2, -0.15) is 11.8 Å². The topological polar surface area (TPSA) is 93.1 Å². The first-order valence-corrected chi connectivity index (χ1v) is 15.0. The molecule has 3 aromatic rings. The fourth-order valence-corrected chi connectivity index (χ4v) is 5.77. The third-order valence-electron chi connectivity index (χ3n) is 6.60. The monoisotopic (exact) mass is 588 g/mol. The first kappa shape index (κ1) is 34.7. The Balaban J connectivity index is 0.00000588. The number of aliphatic carboxylic acids is 1. The molecular formula is C33H41NaO6S. The molecule has 0 heterocycles. The van der Waals surface area contributed by atoms with Gasteiger partial charge in [-0.3, -0.25) is 9.59 Å². The number of carboxylic acid groups (broad SMARTS) is 1. The number of aryl methyl sites for hydroxylation is 1. The van der Waals surface area contributed by atoms with E-state index in [1.165, 1.54) is 18.1 Å². The molecule has 0 saturated heterocycles. The molecule has 0 amide bonds. The van der Waals surface area contributed by atoms with Crippen molar-refractivity contribution in [2.45, 2.75) is 64.0 Å². The van der Waals surface area contributed by atoms with Crippen molar-refractivity contribution >= 4 is 53.1 Å². The van der Waals surface area contributed by atoms with E-state index >= 15 is 0 Å². The molecule has 8 heteroatoms. The standard InChI is InChI=1S/C33H40O6S.Na.H/c1-3-9-29-30(19-18-28(24(2)34)33(29)37)39-22-8-21-38-27-16-14-26(15-17-27)31(40-23-20-32(35)36)13-7-12-25-10-5-4-6-11-25;;/h4-6,10-11,14-19,31,37H,3,7-9,12-13,20-23H2,1-2H3,(H,35,36);;. The van der Waals surface area contributed by atoms with Crippen LogP contribution >= 0.6 is 11.8 Å². The van der Waals surface area contributed by atoms with Crippen molar-refractivity contribution in [3.63, 3.8) is 0 Å². The van der Waals surface area contributed by atoms with E-state index in [4.69, 9.17) is 14.6 Å². The van der Waals surface area contributed by atoms with Crippen LogP contribution in [0.4, 0.5) is 0 Å². The maximum absolute atomic E-state index is 11.8. The zero-order chi connectivity index (χ0) is 28.7. The van der Waals surface area contributed by atoms with Crippen molar-refractivity contribution in [2.24, 2.45) is 0 Å². The number of hydrogen-bond acceptors (Lipinski definition) is 6. The van der Waals surface area contributed by atoms with Crippen LogP contribution in [0.2, 0.25) is 0 Å². The molecule has 41 heavy (non-hydrogen) atoms. The zero-order valence-electron chi connectivity index (χ0n) is 23.4. The minimum atomic E-state index is -0.769. The SMILES string of the molecule is CCCc1c(OCCCOc2ccc(C(CCCc3ccccc3)SCCC(=O)O)cc2)ccc(C(C)=O)c1O.[NaH]. The molecule has 0 aromatic heterocycles. The summed E-state index contributed by atoms with van der Waals surface area (Å²) in [4.78, 5) is 22.8. The summed E-state index contributed by atoms with van der Waals surface area (Å²) in [7, 11) is 0. The number of phenolic OH excluding ortho intramolecular Hbond substituents is 1. The van der Waals surface area contributed by atoms with Gasteiger partial charge in [0.05, 0.1) is 25.2 Å². The van der Waals surface area contributed by atoms with E-state index in [1.807, 2.05) is 25.1 Å². The van der Waals surface area contributed by atoms with Crippen LogP contribution in [-0.2, 0) is 17.6 Å². The number of carboxylic acids is 1. The predicted octanol–water partition coefficient (Wildman–Crippen LogP) is 7.02. The Morgan fingerprint density at radius 2 is 1.61 bits per heavy atom. The second kappa shape index (κ2) is 18.9. The number of ether oxygens (including phenoxy) is 2. The van der Waals surface area contributed by atoms with E-state index < -0.39 is 5.97 Å². The van der Waals surface area contributed by atoms with Gasteiger partial charge >= 0.3 is 35.5 Å². The van der Waals surface area contributed by atoms with Gasteiger partial charge in [0.1, 0.15) is 17.2 Å². The fraction of sp³-hybridized carbons (Fsp3) is 0.394. The van der Waals surface area contributed by atoms with E-state index in [-0.39, 0.29) is 52.8 Å². The number of carbonyl (C=O) groups is 2. The third-order valence-corrected chi connectivity index (χ3v) is 7.95. The number of ketones is 1. The molecule has 2 N–H and O–H groups in total. The molecule has 0 fully saturated rings. The van der Waals surface area contributed by atoms with E-state index in [9.17, 15) is 14.7 Å². The van der Waals surface area contributed by atoms with Crippen LogP contribution in [0.1, 0.15) is 78.2 Å². The van der Waals surface area contributed by atoms with E-state index in [1.54, 1.807) is 23.9 Å². The predicted molar refractivity (Wildman–Crippen MR) is 168 cm³/mol. The molecule has 1 atom stereocenters. The molecule has 0 aliphatic heterocycles. The summed E-state index contributed by atoms with van der Waals surface area (Å²) in [5, 5.41) is 19.8. The summed E-state index contributed by atoms with van der Waals surface area (Å²) < 4.78 is 11.8. The van der Waals surface area contributed by atoms with E-state index in [0.29, 0.717) is 48.7 Å². The third kappa shape index (κ3) is 11.8. The summed E-state index contributed by atoms with van der Waals surface area (Å²) in [5.74, 6) is 1.04. The molecule has 0 saturated carbocycles. The van der Waals surface area contributed by atoms with Crippen molar-refractivity contribution in [3.8, 4) is 17.2 Å². The minimum absolute atomic E-state index is 0. The van der Waals surface area contributed by atoms with Crippen LogP contribution in [0.5, 0.6) is 17.2 Å². The quantitative estimate of drug-likeness (QED) is 0.0937. The molecule has 0 bridgehead atoms. The molecule has 216 valence electrons. The summed E-state index contributed by atoms with van der Waals surface area (Å²) in [5.41, 5.74) is 3.49. The molecule has 1 unspecified atom stereocenters. The first-order chi connectivity index (χ1) is 19.4. The number of carbonyl (C=O) groups excluding carboxylic acids is 1. The Labute approximate surface area is 270 Å². The van der Waals surface area contributed by atoms with Crippen LogP contribution in [-0.4, -0.2) is 70.5 Å². The molecule has 3 aromatic carbocycles. The zero-order valence-corrected chi connectivity index (χ0v) is 24.3. The van der Waals surface area contributed by atoms with Crippen molar-refractivity contribution < 1.29 is 29.3 Å². The molecule has 6 nitrogen and oxygen atoms in total. The van der Waals surface area contributed by atoms with Gasteiger partial charge < -0.3 is 19.7 Å². The van der Waals surface area contributed by atoms with Crippen LogP contribution in [0.3, 0.4) is 0 Å². The van der Waals surface area contributed by atoms with Gasteiger partial charge in [0, 0.05) is 23.0 Å². The van der Waals surface area contributed by atoms with Crippen molar-refractivity contribution in [3.05, 3.63) is 89.0 Å². The summed E-state index contributed by atoms with van der Waals surface area (Å²) in [6.45, 7) is 4.37. The number of aromatic hydroxyl groups is 1. The first-order valence-electron chi connectivity index (χ1n) is 14.0. The van der Waals surface area contributed by atoms with Gasteiger partial charge in [0.15, 0.2) is 5.78 Å². The normalized spacial score (nSPS) is 11.4.